The second-order valence-electron chi connectivity index (χ2n) is 7.53. The number of nitriles is 4. The molecule has 4 aromatic carbocycles. The first kappa shape index (κ1) is 22.6. The molecule has 6 nitrogen and oxygen atoms in total. The molecule has 0 radical (unpaired) electrons. The lowest BCUT2D eigenvalue weighted by Crippen LogP contribution is -1.91. The maximum atomic E-state index is 9.16. The Morgan fingerprint density at radius 3 is 1.11 bits per heavy atom. The Morgan fingerprint density at radius 1 is 0.429 bits per heavy atom. The minimum Gasteiger partial charge on any atom is -0.457 e. The first-order valence-electron chi connectivity index (χ1n) is 10.5. The van der Waals surface area contributed by atoms with Crippen molar-refractivity contribution in [1.82, 2.24) is 0 Å². The van der Waals surface area contributed by atoms with Crippen LogP contribution in [-0.2, 0) is 6.42 Å². The molecule has 4 aromatic rings. The van der Waals surface area contributed by atoms with E-state index in [-0.39, 0.29) is 11.1 Å². The molecule has 4 rings (SSSR count). The van der Waals surface area contributed by atoms with Gasteiger partial charge in [0.1, 0.15) is 47.3 Å². The van der Waals surface area contributed by atoms with Gasteiger partial charge in [-0.25, -0.2) is 0 Å². The molecular weight excluding hydrogens is 436 g/mol. The van der Waals surface area contributed by atoms with Gasteiger partial charge in [-0.2, -0.15) is 21.0 Å². The first-order valence-corrected chi connectivity index (χ1v) is 10.5. The Labute approximate surface area is 202 Å². The Hall–Kier alpha value is -5.56. The van der Waals surface area contributed by atoms with Crippen LogP contribution in [0.15, 0.2) is 84.9 Å². The number of benzene rings is 4. The van der Waals surface area contributed by atoms with Crippen LogP contribution in [0.4, 0.5) is 0 Å². The van der Waals surface area contributed by atoms with Crippen molar-refractivity contribution < 1.29 is 9.47 Å². The van der Waals surface area contributed by atoms with Crippen molar-refractivity contribution in [1.29, 1.82) is 21.0 Å². The first-order chi connectivity index (χ1) is 17.1. The fourth-order valence-electron chi connectivity index (χ4n) is 3.41. The lowest BCUT2D eigenvalue weighted by atomic mass is 10.0. The lowest BCUT2D eigenvalue weighted by Gasteiger charge is -2.09. The molecule has 0 saturated carbocycles. The molecule has 6 heteroatoms. The monoisotopic (exact) mass is 452 g/mol. The van der Waals surface area contributed by atoms with Crippen LogP contribution in [0.2, 0.25) is 0 Å². The molecule has 0 aliphatic carbocycles. The standard InChI is InChI=1S/C29H16N4O2/c30-16-22-5-11-28(14-24(22)18-32)34-26-7-1-20(2-8-26)13-21-3-9-27(10-4-21)35-29-12-6-23(17-31)25(15-29)19-33/h1-12,14-15H,13H2. The summed E-state index contributed by atoms with van der Waals surface area (Å²) in [6.45, 7) is 0. The lowest BCUT2D eigenvalue weighted by molar-refractivity contribution is 0.482. The Morgan fingerprint density at radius 2 is 0.771 bits per heavy atom. The smallest absolute Gasteiger partial charge is 0.128 e. The molecule has 0 saturated heterocycles. The second-order valence-corrected chi connectivity index (χ2v) is 7.53. The van der Waals surface area contributed by atoms with E-state index in [0.717, 1.165) is 11.1 Å². The maximum absolute atomic E-state index is 9.16. The summed E-state index contributed by atoms with van der Waals surface area (Å²) in [5.74, 6) is 2.25. The summed E-state index contributed by atoms with van der Waals surface area (Å²) in [6, 6.07) is 32.8. The molecule has 0 aliphatic heterocycles. The van der Waals surface area contributed by atoms with Crippen LogP contribution in [0, 0.1) is 45.3 Å². The van der Waals surface area contributed by atoms with E-state index in [1.807, 2.05) is 72.8 Å². The number of rotatable bonds is 6. The fourth-order valence-corrected chi connectivity index (χ4v) is 3.41. The van der Waals surface area contributed by atoms with Crippen molar-refractivity contribution in [3.63, 3.8) is 0 Å². The van der Waals surface area contributed by atoms with Gasteiger partial charge in [-0.3, -0.25) is 0 Å². The van der Waals surface area contributed by atoms with Gasteiger partial charge in [0.25, 0.3) is 0 Å². The summed E-state index contributed by atoms with van der Waals surface area (Å²) in [6.07, 6.45) is 0.714. The zero-order valence-electron chi connectivity index (χ0n) is 18.4. The zero-order valence-corrected chi connectivity index (χ0v) is 18.4. The van der Waals surface area contributed by atoms with Crippen LogP contribution in [0.25, 0.3) is 0 Å². The number of ether oxygens (including phenoxy) is 2. The Balaban J connectivity index is 1.39. The van der Waals surface area contributed by atoms with E-state index < -0.39 is 0 Å². The number of nitrogens with zero attached hydrogens (tertiary/aromatic N) is 4. The van der Waals surface area contributed by atoms with Gasteiger partial charge in [-0.05, 0) is 78.2 Å². The SMILES string of the molecule is N#Cc1ccc(Oc2ccc(Cc3ccc(Oc4ccc(C#N)c(C#N)c4)cc3)cc2)cc1C#N. The summed E-state index contributed by atoms with van der Waals surface area (Å²) in [5, 5.41) is 36.4. The minimum atomic E-state index is 0.277. The summed E-state index contributed by atoms with van der Waals surface area (Å²) in [4.78, 5) is 0. The van der Waals surface area contributed by atoms with Gasteiger partial charge < -0.3 is 9.47 Å². The largest absolute Gasteiger partial charge is 0.457 e. The van der Waals surface area contributed by atoms with E-state index >= 15 is 0 Å². The summed E-state index contributed by atoms with van der Waals surface area (Å²) in [5.41, 5.74) is 3.37. The highest BCUT2D eigenvalue weighted by Crippen LogP contribution is 2.26. The molecule has 0 fully saturated rings. The van der Waals surface area contributed by atoms with Crippen molar-refractivity contribution in [3.05, 3.63) is 118 Å². The molecule has 0 aliphatic rings. The quantitative estimate of drug-likeness (QED) is 0.337. The van der Waals surface area contributed by atoms with E-state index in [2.05, 4.69) is 0 Å². The molecule has 0 spiro atoms. The van der Waals surface area contributed by atoms with Crippen molar-refractivity contribution >= 4 is 0 Å². The summed E-state index contributed by atoms with van der Waals surface area (Å²) in [7, 11) is 0. The number of hydrogen-bond donors (Lipinski definition) is 0. The Bertz CT molecular complexity index is 1430. The van der Waals surface area contributed by atoms with Gasteiger partial charge in [0, 0.05) is 0 Å². The molecule has 35 heavy (non-hydrogen) atoms. The molecule has 0 heterocycles. The van der Waals surface area contributed by atoms with Crippen LogP contribution in [-0.4, -0.2) is 0 Å². The van der Waals surface area contributed by atoms with E-state index in [1.54, 1.807) is 36.4 Å². The van der Waals surface area contributed by atoms with Crippen LogP contribution >= 0.6 is 0 Å². The molecule has 0 atom stereocenters. The van der Waals surface area contributed by atoms with Crippen molar-refractivity contribution in [2.75, 3.05) is 0 Å². The molecule has 0 aromatic heterocycles. The van der Waals surface area contributed by atoms with Gasteiger partial charge in [0.15, 0.2) is 0 Å². The second kappa shape index (κ2) is 10.4. The Kier molecular flexibility index (Phi) is 6.70. The highest BCUT2D eigenvalue weighted by Gasteiger charge is 2.07. The van der Waals surface area contributed by atoms with Crippen LogP contribution < -0.4 is 9.47 Å². The van der Waals surface area contributed by atoms with E-state index in [4.69, 9.17) is 30.5 Å². The normalized spacial score (nSPS) is 9.71. The third-order valence-electron chi connectivity index (χ3n) is 5.19. The maximum Gasteiger partial charge on any atom is 0.128 e. The van der Waals surface area contributed by atoms with Gasteiger partial charge >= 0.3 is 0 Å². The van der Waals surface area contributed by atoms with Crippen LogP contribution in [0.5, 0.6) is 23.0 Å². The van der Waals surface area contributed by atoms with Crippen LogP contribution in [0.1, 0.15) is 33.4 Å². The highest BCUT2D eigenvalue weighted by molar-refractivity contribution is 5.51. The summed E-state index contributed by atoms with van der Waals surface area (Å²) >= 11 is 0. The van der Waals surface area contributed by atoms with E-state index in [9.17, 15) is 0 Å². The predicted molar refractivity (Wildman–Crippen MR) is 128 cm³/mol. The van der Waals surface area contributed by atoms with Crippen molar-refractivity contribution in [3.8, 4) is 47.3 Å². The molecule has 0 N–H and O–H groups in total. The third kappa shape index (κ3) is 5.44. The molecule has 0 bridgehead atoms. The van der Waals surface area contributed by atoms with Crippen molar-refractivity contribution in [2.45, 2.75) is 6.42 Å². The van der Waals surface area contributed by atoms with Gasteiger partial charge in [0.05, 0.1) is 22.3 Å². The van der Waals surface area contributed by atoms with Crippen LogP contribution in [0.3, 0.4) is 0 Å². The molecular formula is C29H16N4O2. The summed E-state index contributed by atoms with van der Waals surface area (Å²) < 4.78 is 11.6. The average Bonchev–Trinajstić information content (AvgIpc) is 2.90. The van der Waals surface area contributed by atoms with E-state index in [1.165, 1.54) is 0 Å². The molecule has 0 amide bonds. The van der Waals surface area contributed by atoms with Crippen molar-refractivity contribution in [2.24, 2.45) is 0 Å². The fraction of sp³-hybridized carbons (Fsp3) is 0.0345. The molecule has 164 valence electrons. The van der Waals surface area contributed by atoms with Gasteiger partial charge in [-0.15, -0.1) is 0 Å². The third-order valence-corrected chi connectivity index (χ3v) is 5.19. The number of hydrogen-bond acceptors (Lipinski definition) is 6. The highest BCUT2D eigenvalue weighted by atomic mass is 16.5. The van der Waals surface area contributed by atoms with Gasteiger partial charge in [-0.1, -0.05) is 24.3 Å². The topological polar surface area (TPSA) is 114 Å². The van der Waals surface area contributed by atoms with E-state index in [0.29, 0.717) is 40.5 Å². The average molecular weight is 452 g/mol. The van der Waals surface area contributed by atoms with Gasteiger partial charge in [0.2, 0.25) is 0 Å². The predicted octanol–water partition coefficient (Wildman–Crippen LogP) is 6.35. The minimum absolute atomic E-state index is 0.277. The zero-order chi connectivity index (χ0) is 24.6. The molecule has 0 unspecified atom stereocenters.